The Balaban J connectivity index is 0.00000259. The lowest BCUT2D eigenvalue weighted by Gasteiger charge is -2.42. The summed E-state index contributed by atoms with van der Waals surface area (Å²) >= 11 is 6.28. The molecule has 0 unspecified atom stereocenters. The smallest absolute Gasteiger partial charge is 0.284 e. The van der Waals surface area contributed by atoms with Gasteiger partial charge in [0.2, 0.25) is 0 Å². The first-order chi connectivity index (χ1) is 15.5. The van der Waals surface area contributed by atoms with Crippen molar-refractivity contribution < 1.29 is 4.74 Å². The van der Waals surface area contributed by atoms with Crippen LogP contribution < -0.4 is 20.9 Å². The second-order valence-corrected chi connectivity index (χ2v) is 7.63. The predicted octanol–water partition coefficient (Wildman–Crippen LogP) is 2.46. The number of benzene rings is 1. The Morgan fingerprint density at radius 3 is 2.82 bits per heavy atom. The van der Waals surface area contributed by atoms with Gasteiger partial charge < -0.3 is 15.4 Å². The van der Waals surface area contributed by atoms with Crippen molar-refractivity contribution in [3.8, 4) is 17.5 Å². The van der Waals surface area contributed by atoms with E-state index < -0.39 is 0 Å². The maximum atomic E-state index is 13.6. The molecular weight excluding hydrogens is 464 g/mol. The standard InChI is InChI=1S/C21H17ClN8O2.H2S/c1-32-13-4-2-3-12(9-13)30-20(27-29-8-5-15(22)17(29)21(30)31)16-6-7-28(16)19-14(10-23)18(24)25-11-26-19;/h2-5,8-9,11,16H,6-7H2,1H3,(H2,24,25,26);1H2/t16-;/m0./s1. The van der Waals surface area contributed by atoms with Crippen molar-refractivity contribution in [1.29, 1.82) is 5.26 Å². The van der Waals surface area contributed by atoms with Gasteiger partial charge in [0, 0.05) is 18.8 Å². The highest BCUT2D eigenvalue weighted by Gasteiger charge is 2.37. The van der Waals surface area contributed by atoms with Gasteiger partial charge in [-0.05, 0) is 24.6 Å². The summed E-state index contributed by atoms with van der Waals surface area (Å²) in [5.74, 6) is 1.60. The summed E-state index contributed by atoms with van der Waals surface area (Å²) in [4.78, 5) is 23.6. The van der Waals surface area contributed by atoms with Gasteiger partial charge in [0.05, 0.1) is 23.9 Å². The Hall–Kier alpha value is -3.75. The van der Waals surface area contributed by atoms with E-state index in [2.05, 4.69) is 16.0 Å². The molecule has 10 nitrogen and oxygen atoms in total. The van der Waals surface area contributed by atoms with Crippen LogP contribution in [0.1, 0.15) is 23.9 Å². The number of anilines is 2. The fourth-order valence-electron chi connectivity index (χ4n) is 3.89. The summed E-state index contributed by atoms with van der Waals surface area (Å²) in [7, 11) is 1.56. The fourth-order valence-corrected chi connectivity index (χ4v) is 4.11. The summed E-state index contributed by atoms with van der Waals surface area (Å²) in [6.45, 7) is 0.619. The number of rotatable bonds is 4. The van der Waals surface area contributed by atoms with E-state index in [4.69, 9.17) is 27.2 Å². The van der Waals surface area contributed by atoms with Crippen LogP contribution in [0.3, 0.4) is 0 Å². The first-order valence-corrected chi connectivity index (χ1v) is 10.1. The van der Waals surface area contributed by atoms with E-state index >= 15 is 0 Å². The minimum atomic E-state index is -0.319. The highest BCUT2D eigenvalue weighted by Crippen LogP contribution is 2.38. The van der Waals surface area contributed by atoms with Gasteiger partial charge >= 0.3 is 0 Å². The SMILES string of the molecule is COc1cccc(-n2c([C@@H]3CCN3c3ncnc(N)c3C#N)nn3ccc(Cl)c3c2=O)c1.S. The molecular formula is C21H19ClN8O2S. The lowest BCUT2D eigenvalue weighted by atomic mass is 10.0. The minimum Gasteiger partial charge on any atom is -0.497 e. The van der Waals surface area contributed by atoms with Crippen LogP contribution >= 0.6 is 25.1 Å². The van der Waals surface area contributed by atoms with E-state index in [9.17, 15) is 10.1 Å². The third-order valence-electron chi connectivity index (χ3n) is 5.53. The Morgan fingerprint density at radius 1 is 1.30 bits per heavy atom. The maximum absolute atomic E-state index is 13.6. The topological polar surface area (TPSA) is 127 Å². The molecule has 1 aliphatic rings. The predicted molar refractivity (Wildman–Crippen MR) is 129 cm³/mol. The lowest BCUT2D eigenvalue weighted by Crippen LogP contribution is -2.45. The molecule has 0 bridgehead atoms. The third-order valence-corrected chi connectivity index (χ3v) is 5.84. The van der Waals surface area contributed by atoms with Crippen molar-refractivity contribution in [2.75, 3.05) is 24.3 Å². The Labute approximate surface area is 200 Å². The Morgan fingerprint density at radius 2 is 2.12 bits per heavy atom. The second kappa shape index (κ2) is 8.65. The summed E-state index contributed by atoms with van der Waals surface area (Å²) in [5, 5.41) is 14.6. The van der Waals surface area contributed by atoms with E-state index in [-0.39, 0.29) is 42.0 Å². The van der Waals surface area contributed by atoms with Gasteiger partial charge in [-0.15, -0.1) is 0 Å². The average molecular weight is 483 g/mol. The molecule has 168 valence electrons. The van der Waals surface area contributed by atoms with Crippen LogP contribution in [0.4, 0.5) is 11.6 Å². The molecule has 33 heavy (non-hydrogen) atoms. The molecule has 1 saturated heterocycles. The molecule has 1 aliphatic heterocycles. The number of aromatic nitrogens is 5. The third kappa shape index (κ3) is 3.53. The molecule has 0 radical (unpaired) electrons. The number of nitrogens with two attached hydrogens (primary N) is 1. The highest BCUT2D eigenvalue weighted by atomic mass is 35.5. The normalized spacial score (nSPS) is 14.9. The zero-order valence-corrected chi connectivity index (χ0v) is 19.2. The van der Waals surface area contributed by atoms with Crippen LogP contribution in [-0.4, -0.2) is 37.8 Å². The monoisotopic (exact) mass is 482 g/mol. The molecule has 0 saturated carbocycles. The van der Waals surface area contributed by atoms with Gasteiger partial charge in [0.1, 0.15) is 35.0 Å². The number of hydrogen-bond acceptors (Lipinski definition) is 8. The highest BCUT2D eigenvalue weighted by molar-refractivity contribution is 7.59. The van der Waals surface area contributed by atoms with Gasteiger partial charge in [0.15, 0.2) is 11.6 Å². The number of hydrogen-bond donors (Lipinski definition) is 1. The lowest BCUT2D eigenvalue weighted by molar-refractivity contribution is 0.412. The average Bonchev–Trinajstić information content (AvgIpc) is 3.14. The Kier molecular flexibility index (Phi) is 5.88. The van der Waals surface area contributed by atoms with Crippen LogP contribution in [0.25, 0.3) is 11.2 Å². The van der Waals surface area contributed by atoms with E-state index in [0.29, 0.717) is 41.1 Å². The number of fused-ring (bicyclic) bond motifs is 1. The molecule has 1 atom stereocenters. The molecule has 5 rings (SSSR count). The van der Waals surface area contributed by atoms with Crippen LogP contribution in [0.5, 0.6) is 5.75 Å². The van der Waals surface area contributed by atoms with Crippen LogP contribution in [0, 0.1) is 11.3 Å². The van der Waals surface area contributed by atoms with Crippen LogP contribution in [-0.2, 0) is 0 Å². The van der Waals surface area contributed by atoms with Gasteiger partial charge in [-0.1, -0.05) is 17.7 Å². The van der Waals surface area contributed by atoms with Gasteiger partial charge in [-0.3, -0.25) is 9.36 Å². The van der Waals surface area contributed by atoms with Crippen molar-refractivity contribution in [1.82, 2.24) is 24.1 Å². The molecule has 12 heteroatoms. The summed E-state index contributed by atoms with van der Waals surface area (Å²) in [6, 6.07) is 10.5. The van der Waals surface area contributed by atoms with Crippen molar-refractivity contribution >= 4 is 42.2 Å². The summed E-state index contributed by atoms with van der Waals surface area (Å²) < 4.78 is 8.35. The molecule has 0 amide bonds. The van der Waals surface area contributed by atoms with E-state index in [0.717, 1.165) is 0 Å². The number of ether oxygens (including phenoxy) is 1. The second-order valence-electron chi connectivity index (χ2n) is 7.22. The van der Waals surface area contributed by atoms with Gasteiger partial charge in [0.25, 0.3) is 5.56 Å². The van der Waals surface area contributed by atoms with Gasteiger partial charge in [-0.2, -0.15) is 23.9 Å². The quantitative estimate of drug-likeness (QED) is 0.469. The van der Waals surface area contributed by atoms with Crippen molar-refractivity contribution in [3.05, 3.63) is 69.6 Å². The van der Waals surface area contributed by atoms with E-state index in [1.807, 2.05) is 4.90 Å². The molecule has 1 aromatic carbocycles. The van der Waals surface area contributed by atoms with Crippen LogP contribution in [0.15, 0.2) is 47.7 Å². The zero-order valence-electron chi connectivity index (χ0n) is 17.4. The summed E-state index contributed by atoms with van der Waals surface area (Å²) in [5.41, 5.74) is 6.62. The molecule has 4 aromatic rings. The van der Waals surface area contributed by atoms with Crippen LogP contribution in [0.2, 0.25) is 5.02 Å². The van der Waals surface area contributed by atoms with Crippen molar-refractivity contribution in [2.24, 2.45) is 0 Å². The van der Waals surface area contributed by atoms with E-state index in [1.54, 1.807) is 43.6 Å². The summed E-state index contributed by atoms with van der Waals surface area (Å²) in [6.07, 6.45) is 3.66. The minimum absolute atomic E-state index is 0. The molecule has 1 fully saturated rings. The first kappa shape index (κ1) is 22.4. The van der Waals surface area contributed by atoms with Crippen molar-refractivity contribution in [3.63, 3.8) is 0 Å². The van der Waals surface area contributed by atoms with Crippen molar-refractivity contribution in [2.45, 2.75) is 12.5 Å². The maximum Gasteiger partial charge on any atom is 0.284 e. The number of halogens is 1. The largest absolute Gasteiger partial charge is 0.497 e. The first-order valence-electron chi connectivity index (χ1n) is 9.75. The number of nitrogens with zero attached hydrogens (tertiary/aromatic N) is 7. The molecule has 0 spiro atoms. The molecule has 4 heterocycles. The molecule has 0 aliphatic carbocycles. The fraction of sp³-hybridized carbons (Fsp3) is 0.190. The Bertz CT molecular complexity index is 1460. The number of nitriles is 1. The number of nitrogen functional groups attached to an aromatic ring is 1. The zero-order chi connectivity index (χ0) is 22.4. The van der Waals surface area contributed by atoms with Gasteiger partial charge in [-0.25, -0.2) is 14.5 Å². The van der Waals surface area contributed by atoms with E-state index in [1.165, 1.54) is 15.4 Å². The number of methoxy groups -OCH3 is 1. The molecule has 3 aromatic heterocycles. The molecule has 2 N–H and O–H groups in total.